The van der Waals surface area contributed by atoms with Crippen LogP contribution in [0.2, 0.25) is 0 Å². The van der Waals surface area contributed by atoms with Crippen LogP contribution in [-0.2, 0) is 0 Å². The standard InChI is InChI=1S/C11H12N2O2/c1-12-10-9(7-4-5-7)13-15-11(10)8-3-2-6-14-8/h2-3,6-7,12H,4-5H2,1H3. The van der Waals surface area contributed by atoms with E-state index in [1.807, 2.05) is 19.2 Å². The highest BCUT2D eigenvalue weighted by Gasteiger charge is 2.32. The number of rotatable bonds is 3. The molecule has 2 aromatic heterocycles. The molecule has 1 aliphatic rings. The van der Waals surface area contributed by atoms with E-state index in [2.05, 4.69) is 10.5 Å². The summed E-state index contributed by atoms with van der Waals surface area (Å²) < 4.78 is 10.6. The van der Waals surface area contributed by atoms with Crippen molar-refractivity contribution in [2.24, 2.45) is 0 Å². The molecule has 2 aromatic rings. The molecule has 4 nitrogen and oxygen atoms in total. The van der Waals surface area contributed by atoms with Gasteiger partial charge in [-0.1, -0.05) is 5.16 Å². The van der Waals surface area contributed by atoms with Crippen molar-refractivity contribution >= 4 is 5.69 Å². The lowest BCUT2D eigenvalue weighted by atomic mass is 10.2. The number of hydrogen-bond acceptors (Lipinski definition) is 4. The second kappa shape index (κ2) is 3.15. The van der Waals surface area contributed by atoms with E-state index in [1.165, 1.54) is 12.8 Å². The third-order valence-corrected chi connectivity index (χ3v) is 2.68. The molecule has 78 valence electrons. The minimum Gasteiger partial charge on any atom is -0.461 e. The molecule has 0 atom stereocenters. The molecule has 0 aromatic carbocycles. The summed E-state index contributed by atoms with van der Waals surface area (Å²) in [5.41, 5.74) is 2.00. The van der Waals surface area contributed by atoms with E-state index in [0.29, 0.717) is 11.7 Å². The highest BCUT2D eigenvalue weighted by Crippen LogP contribution is 2.45. The monoisotopic (exact) mass is 204 g/mol. The van der Waals surface area contributed by atoms with Gasteiger partial charge in [-0.2, -0.15) is 0 Å². The van der Waals surface area contributed by atoms with Gasteiger partial charge in [0.25, 0.3) is 0 Å². The molecule has 1 saturated carbocycles. The molecule has 4 heteroatoms. The Morgan fingerprint density at radius 3 is 2.93 bits per heavy atom. The van der Waals surface area contributed by atoms with Gasteiger partial charge < -0.3 is 14.3 Å². The van der Waals surface area contributed by atoms with Crippen LogP contribution in [0.25, 0.3) is 11.5 Å². The summed E-state index contributed by atoms with van der Waals surface area (Å²) in [5, 5.41) is 7.24. The van der Waals surface area contributed by atoms with Gasteiger partial charge in [-0.15, -0.1) is 0 Å². The number of aromatic nitrogens is 1. The predicted octanol–water partition coefficient (Wildman–Crippen LogP) is 2.85. The topological polar surface area (TPSA) is 51.2 Å². The van der Waals surface area contributed by atoms with Gasteiger partial charge in [0.2, 0.25) is 5.76 Å². The summed E-state index contributed by atoms with van der Waals surface area (Å²) in [4.78, 5) is 0. The Bertz CT molecular complexity index is 455. The number of hydrogen-bond donors (Lipinski definition) is 1. The fourth-order valence-electron chi connectivity index (χ4n) is 1.76. The molecule has 15 heavy (non-hydrogen) atoms. The van der Waals surface area contributed by atoms with Crippen molar-refractivity contribution in [2.75, 3.05) is 12.4 Å². The summed E-state index contributed by atoms with van der Waals surface area (Å²) in [7, 11) is 1.88. The quantitative estimate of drug-likeness (QED) is 0.835. The van der Waals surface area contributed by atoms with Gasteiger partial charge in [-0.05, 0) is 25.0 Å². The molecule has 0 aliphatic heterocycles. The average molecular weight is 204 g/mol. The molecule has 1 N–H and O–H groups in total. The largest absolute Gasteiger partial charge is 0.461 e. The van der Waals surface area contributed by atoms with Crippen molar-refractivity contribution in [3.8, 4) is 11.5 Å². The maximum atomic E-state index is 5.33. The summed E-state index contributed by atoms with van der Waals surface area (Å²) in [6.45, 7) is 0. The van der Waals surface area contributed by atoms with Crippen molar-refractivity contribution in [1.29, 1.82) is 0 Å². The summed E-state index contributed by atoms with van der Waals surface area (Å²) in [6.07, 6.45) is 4.05. The van der Waals surface area contributed by atoms with Crippen molar-refractivity contribution in [3.05, 3.63) is 24.1 Å². The molecular formula is C11H12N2O2. The molecule has 0 bridgehead atoms. The highest BCUT2D eigenvalue weighted by atomic mass is 16.5. The van der Waals surface area contributed by atoms with Gasteiger partial charge in [0.15, 0.2) is 5.76 Å². The molecule has 0 unspecified atom stereocenters. The van der Waals surface area contributed by atoms with Crippen LogP contribution in [0.15, 0.2) is 27.3 Å². The third kappa shape index (κ3) is 1.33. The number of nitrogens with one attached hydrogen (secondary N) is 1. The second-order valence-corrected chi connectivity index (χ2v) is 3.77. The van der Waals surface area contributed by atoms with Crippen molar-refractivity contribution in [2.45, 2.75) is 18.8 Å². The van der Waals surface area contributed by atoms with Crippen LogP contribution >= 0.6 is 0 Å². The van der Waals surface area contributed by atoms with E-state index in [0.717, 1.165) is 17.1 Å². The van der Waals surface area contributed by atoms with Crippen LogP contribution < -0.4 is 5.32 Å². The molecule has 1 fully saturated rings. The molecular weight excluding hydrogens is 192 g/mol. The van der Waals surface area contributed by atoms with E-state index in [1.54, 1.807) is 6.26 Å². The minimum atomic E-state index is 0.569. The van der Waals surface area contributed by atoms with Gasteiger partial charge in [-0.3, -0.25) is 0 Å². The molecule has 1 aliphatic carbocycles. The van der Waals surface area contributed by atoms with E-state index >= 15 is 0 Å². The highest BCUT2D eigenvalue weighted by molar-refractivity contribution is 5.71. The average Bonchev–Trinajstić information content (AvgIpc) is 2.83. The summed E-state index contributed by atoms with van der Waals surface area (Å²) >= 11 is 0. The molecule has 3 rings (SSSR count). The van der Waals surface area contributed by atoms with Gasteiger partial charge in [0.1, 0.15) is 11.4 Å². The van der Waals surface area contributed by atoms with Crippen LogP contribution in [0.3, 0.4) is 0 Å². The first-order chi connectivity index (χ1) is 7.40. The predicted molar refractivity (Wildman–Crippen MR) is 55.7 cm³/mol. The Morgan fingerprint density at radius 1 is 1.47 bits per heavy atom. The molecule has 0 radical (unpaired) electrons. The van der Waals surface area contributed by atoms with Crippen molar-refractivity contribution in [3.63, 3.8) is 0 Å². The number of anilines is 1. The second-order valence-electron chi connectivity index (χ2n) is 3.77. The zero-order valence-electron chi connectivity index (χ0n) is 8.49. The van der Waals surface area contributed by atoms with Gasteiger partial charge in [0, 0.05) is 13.0 Å². The van der Waals surface area contributed by atoms with Crippen LogP contribution in [0.1, 0.15) is 24.5 Å². The Labute approximate surface area is 87.3 Å². The molecule has 0 amide bonds. The van der Waals surface area contributed by atoms with Crippen LogP contribution in [-0.4, -0.2) is 12.2 Å². The smallest absolute Gasteiger partial charge is 0.225 e. The Hall–Kier alpha value is -1.71. The fraction of sp³-hybridized carbons (Fsp3) is 0.364. The maximum Gasteiger partial charge on any atom is 0.225 e. The maximum absolute atomic E-state index is 5.33. The van der Waals surface area contributed by atoms with Crippen molar-refractivity contribution in [1.82, 2.24) is 5.16 Å². The zero-order chi connectivity index (χ0) is 10.3. The lowest BCUT2D eigenvalue weighted by Gasteiger charge is -1.99. The van der Waals surface area contributed by atoms with Crippen LogP contribution in [0, 0.1) is 0 Å². The van der Waals surface area contributed by atoms with Crippen LogP contribution in [0.5, 0.6) is 0 Å². The number of nitrogens with zero attached hydrogens (tertiary/aromatic N) is 1. The SMILES string of the molecule is CNc1c(C2CC2)noc1-c1ccco1. The van der Waals surface area contributed by atoms with E-state index in [4.69, 9.17) is 8.94 Å². The fourth-order valence-corrected chi connectivity index (χ4v) is 1.76. The van der Waals surface area contributed by atoms with E-state index in [9.17, 15) is 0 Å². The first-order valence-electron chi connectivity index (χ1n) is 5.11. The lowest BCUT2D eigenvalue weighted by Crippen LogP contribution is -1.92. The molecule has 0 spiro atoms. The van der Waals surface area contributed by atoms with Crippen LogP contribution in [0.4, 0.5) is 5.69 Å². The molecule has 2 heterocycles. The Morgan fingerprint density at radius 2 is 2.33 bits per heavy atom. The van der Waals surface area contributed by atoms with Gasteiger partial charge in [-0.25, -0.2) is 0 Å². The van der Waals surface area contributed by atoms with Crippen molar-refractivity contribution < 1.29 is 8.94 Å². The first kappa shape index (κ1) is 8.59. The summed E-state index contributed by atoms with van der Waals surface area (Å²) in [6, 6.07) is 3.71. The van der Waals surface area contributed by atoms with E-state index < -0.39 is 0 Å². The Kier molecular flexibility index (Phi) is 1.80. The lowest BCUT2D eigenvalue weighted by molar-refractivity contribution is 0.411. The Balaban J connectivity index is 2.07. The molecule has 0 saturated heterocycles. The van der Waals surface area contributed by atoms with Gasteiger partial charge in [0.05, 0.1) is 6.26 Å². The first-order valence-corrected chi connectivity index (χ1v) is 5.11. The minimum absolute atomic E-state index is 0.569. The van der Waals surface area contributed by atoms with Gasteiger partial charge >= 0.3 is 0 Å². The summed E-state index contributed by atoms with van der Waals surface area (Å²) in [5.74, 6) is 1.99. The normalized spacial score (nSPS) is 15.5. The van der Waals surface area contributed by atoms with E-state index in [-0.39, 0.29) is 0 Å². The third-order valence-electron chi connectivity index (χ3n) is 2.68. The zero-order valence-corrected chi connectivity index (χ0v) is 8.49. The number of furan rings is 1.